The second-order valence-electron chi connectivity index (χ2n) is 4.74. The highest BCUT2D eigenvalue weighted by Crippen LogP contribution is 2.25. The molecule has 0 bridgehead atoms. The topological polar surface area (TPSA) is 47.3 Å². The zero-order chi connectivity index (χ0) is 10.6. The fourth-order valence-corrected chi connectivity index (χ4v) is 1.86. The number of nitrogens with two attached hydrogens (primary N) is 1. The van der Waals surface area contributed by atoms with Gasteiger partial charge in [-0.05, 0) is 45.7 Å². The molecule has 0 aromatic heterocycles. The van der Waals surface area contributed by atoms with Gasteiger partial charge < -0.3 is 15.8 Å². The van der Waals surface area contributed by atoms with Gasteiger partial charge in [0.1, 0.15) is 0 Å². The van der Waals surface area contributed by atoms with Gasteiger partial charge in [-0.3, -0.25) is 0 Å². The molecule has 0 spiro atoms. The van der Waals surface area contributed by atoms with Crippen molar-refractivity contribution in [2.45, 2.75) is 45.3 Å². The number of rotatable bonds is 5. The third-order valence-electron chi connectivity index (χ3n) is 3.40. The molecule has 0 aromatic rings. The molecule has 84 valence electrons. The normalized spacial score (nSPS) is 34.7. The average molecular weight is 200 g/mol. The molecular weight excluding hydrogens is 176 g/mol. The Hall–Kier alpha value is -0.120. The molecule has 1 fully saturated rings. The van der Waals surface area contributed by atoms with Crippen molar-refractivity contribution in [1.82, 2.24) is 5.32 Å². The van der Waals surface area contributed by atoms with Crippen LogP contribution in [0, 0.1) is 5.92 Å². The molecule has 3 heteroatoms. The van der Waals surface area contributed by atoms with Crippen LogP contribution in [0.3, 0.4) is 0 Å². The molecule has 1 aliphatic rings. The molecule has 0 saturated carbocycles. The average Bonchev–Trinajstić information content (AvgIpc) is 2.46. The summed E-state index contributed by atoms with van der Waals surface area (Å²) < 4.78 is 5.57. The first-order valence-electron chi connectivity index (χ1n) is 5.65. The number of ether oxygens (including phenoxy) is 1. The Morgan fingerprint density at radius 3 is 2.86 bits per heavy atom. The first-order chi connectivity index (χ1) is 6.58. The monoisotopic (exact) mass is 200 g/mol. The SMILES string of the molecule is CC(CCN)CNC1(C)CCOC1C. The van der Waals surface area contributed by atoms with Gasteiger partial charge in [-0.1, -0.05) is 6.92 Å². The van der Waals surface area contributed by atoms with Gasteiger partial charge >= 0.3 is 0 Å². The second-order valence-corrected chi connectivity index (χ2v) is 4.74. The fraction of sp³-hybridized carbons (Fsp3) is 1.00. The van der Waals surface area contributed by atoms with Crippen molar-refractivity contribution in [3.8, 4) is 0 Å². The van der Waals surface area contributed by atoms with Crippen LogP contribution in [0.2, 0.25) is 0 Å². The van der Waals surface area contributed by atoms with E-state index in [4.69, 9.17) is 10.5 Å². The lowest BCUT2D eigenvalue weighted by molar-refractivity contribution is 0.0873. The summed E-state index contributed by atoms with van der Waals surface area (Å²) in [7, 11) is 0. The van der Waals surface area contributed by atoms with E-state index in [1.807, 2.05) is 0 Å². The summed E-state index contributed by atoms with van der Waals surface area (Å²) in [6, 6.07) is 0. The van der Waals surface area contributed by atoms with Crippen LogP contribution in [0.1, 0.15) is 33.6 Å². The van der Waals surface area contributed by atoms with Crippen LogP contribution in [0.15, 0.2) is 0 Å². The Morgan fingerprint density at radius 2 is 2.36 bits per heavy atom. The molecule has 1 heterocycles. The highest BCUT2D eigenvalue weighted by molar-refractivity contribution is 4.93. The molecule has 1 saturated heterocycles. The summed E-state index contributed by atoms with van der Waals surface area (Å²) in [6.45, 7) is 9.35. The van der Waals surface area contributed by atoms with E-state index in [2.05, 4.69) is 26.1 Å². The lowest BCUT2D eigenvalue weighted by atomic mass is 9.93. The third kappa shape index (κ3) is 2.94. The maximum absolute atomic E-state index is 5.57. The van der Waals surface area contributed by atoms with Crippen molar-refractivity contribution in [2.24, 2.45) is 11.7 Å². The Bertz CT molecular complexity index is 175. The predicted molar refractivity (Wildman–Crippen MR) is 59.3 cm³/mol. The lowest BCUT2D eigenvalue weighted by Crippen LogP contribution is -2.49. The maximum atomic E-state index is 5.57. The molecular formula is C11H24N2O. The van der Waals surface area contributed by atoms with Crippen molar-refractivity contribution in [1.29, 1.82) is 0 Å². The number of hydrogen-bond acceptors (Lipinski definition) is 3. The molecule has 3 nitrogen and oxygen atoms in total. The fourth-order valence-electron chi connectivity index (χ4n) is 1.86. The Morgan fingerprint density at radius 1 is 1.64 bits per heavy atom. The molecule has 3 atom stereocenters. The largest absolute Gasteiger partial charge is 0.377 e. The van der Waals surface area contributed by atoms with Gasteiger partial charge in [0.05, 0.1) is 6.10 Å². The van der Waals surface area contributed by atoms with Crippen LogP contribution >= 0.6 is 0 Å². The second kappa shape index (κ2) is 5.10. The van der Waals surface area contributed by atoms with Crippen molar-refractivity contribution in [3.63, 3.8) is 0 Å². The molecule has 1 aliphatic heterocycles. The van der Waals surface area contributed by atoms with Gasteiger partial charge in [-0.25, -0.2) is 0 Å². The van der Waals surface area contributed by atoms with Crippen LogP contribution < -0.4 is 11.1 Å². The van der Waals surface area contributed by atoms with Gasteiger partial charge in [-0.2, -0.15) is 0 Å². The zero-order valence-corrected chi connectivity index (χ0v) is 9.68. The predicted octanol–water partition coefficient (Wildman–Crippen LogP) is 1.13. The van der Waals surface area contributed by atoms with Crippen LogP contribution in [0.25, 0.3) is 0 Å². The van der Waals surface area contributed by atoms with E-state index in [1.54, 1.807) is 0 Å². The first kappa shape index (κ1) is 12.0. The van der Waals surface area contributed by atoms with E-state index >= 15 is 0 Å². The third-order valence-corrected chi connectivity index (χ3v) is 3.40. The minimum absolute atomic E-state index is 0.170. The standard InChI is InChI=1S/C11H24N2O/c1-9(4-6-12)8-13-11(3)5-7-14-10(11)2/h9-10,13H,4-8,12H2,1-3H3. The van der Waals surface area contributed by atoms with Crippen LogP contribution in [0.5, 0.6) is 0 Å². The van der Waals surface area contributed by atoms with E-state index in [0.717, 1.165) is 32.5 Å². The summed E-state index contributed by atoms with van der Waals surface area (Å²) in [4.78, 5) is 0. The van der Waals surface area contributed by atoms with E-state index in [-0.39, 0.29) is 5.54 Å². The molecule has 14 heavy (non-hydrogen) atoms. The first-order valence-corrected chi connectivity index (χ1v) is 5.65. The van der Waals surface area contributed by atoms with Gasteiger partial charge in [-0.15, -0.1) is 0 Å². The molecule has 1 rings (SSSR count). The molecule has 0 amide bonds. The molecule has 3 unspecified atom stereocenters. The summed E-state index contributed by atoms with van der Waals surface area (Å²) >= 11 is 0. The zero-order valence-electron chi connectivity index (χ0n) is 9.68. The molecule has 0 radical (unpaired) electrons. The van der Waals surface area contributed by atoms with Crippen LogP contribution in [0.4, 0.5) is 0 Å². The van der Waals surface area contributed by atoms with Crippen molar-refractivity contribution < 1.29 is 4.74 Å². The minimum atomic E-state index is 0.170. The van der Waals surface area contributed by atoms with Crippen molar-refractivity contribution in [2.75, 3.05) is 19.7 Å². The van der Waals surface area contributed by atoms with Crippen LogP contribution in [-0.4, -0.2) is 31.3 Å². The maximum Gasteiger partial charge on any atom is 0.0726 e. The van der Waals surface area contributed by atoms with Crippen molar-refractivity contribution in [3.05, 3.63) is 0 Å². The van der Waals surface area contributed by atoms with Gasteiger partial charge in [0, 0.05) is 12.1 Å². The molecule has 3 N–H and O–H groups in total. The smallest absolute Gasteiger partial charge is 0.0726 e. The van der Waals surface area contributed by atoms with Gasteiger partial charge in [0.15, 0.2) is 0 Å². The van der Waals surface area contributed by atoms with Crippen LogP contribution in [-0.2, 0) is 4.74 Å². The Labute approximate surface area is 87.4 Å². The van der Waals surface area contributed by atoms with E-state index in [1.165, 1.54) is 0 Å². The highest BCUT2D eigenvalue weighted by atomic mass is 16.5. The summed E-state index contributed by atoms with van der Waals surface area (Å²) in [5.74, 6) is 0.657. The van der Waals surface area contributed by atoms with Gasteiger partial charge in [0.25, 0.3) is 0 Å². The lowest BCUT2D eigenvalue weighted by Gasteiger charge is -2.30. The van der Waals surface area contributed by atoms with Gasteiger partial charge in [0.2, 0.25) is 0 Å². The summed E-state index contributed by atoms with van der Waals surface area (Å²) in [5, 5.41) is 3.61. The minimum Gasteiger partial charge on any atom is -0.377 e. The number of hydrogen-bond donors (Lipinski definition) is 2. The Balaban J connectivity index is 2.29. The van der Waals surface area contributed by atoms with E-state index in [9.17, 15) is 0 Å². The quantitative estimate of drug-likeness (QED) is 0.699. The number of nitrogens with one attached hydrogen (secondary N) is 1. The molecule has 0 aromatic carbocycles. The summed E-state index contributed by atoms with van der Waals surface area (Å²) in [5.41, 5.74) is 5.69. The Kier molecular flexibility index (Phi) is 4.35. The summed E-state index contributed by atoms with van der Waals surface area (Å²) in [6.07, 6.45) is 2.54. The van der Waals surface area contributed by atoms with E-state index < -0.39 is 0 Å². The van der Waals surface area contributed by atoms with E-state index in [0.29, 0.717) is 12.0 Å². The molecule has 0 aliphatic carbocycles. The highest BCUT2D eigenvalue weighted by Gasteiger charge is 2.36. The van der Waals surface area contributed by atoms with Crippen molar-refractivity contribution >= 4 is 0 Å².